The van der Waals surface area contributed by atoms with Gasteiger partial charge in [0.15, 0.2) is 5.78 Å². The molecule has 3 aromatic rings. The third-order valence-corrected chi connectivity index (χ3v) is 5.54. The molecular formula is C23H23N3O3S. The van der Waals surface area contributed by atoms with Crippen LogP contribution in [-0.4, -0.2) is 28.0 Å². The molecule has 0 radical (unpaired) electrons. The molecule has 3 rings (SSSR count). The molecule has 6 nitrogen and oxygen atoms in total. The van der Waals surface area contributed by atoms with Crippen molar-refractivity contribution >= 4 is 35.0 Å². The van der Waals surface area contributed by atoms with Crippen molar-refractivity contribution in [3.63, 3.8) is 0 Å². The summed E-state index contributed by atoms with van der Waals surface area (Å²) in [5.74, 6) is -0.0965. The first-order valence-corrected chi connectivity index (χ1v) is 10.4. The lowest BCUT2D eigenvalue weighted by atomic mass is 10.2. The van der Waals surface area contributed by atoms with E-state index >= 15 is 0 Å². The van der Waals surface area contributed by atoms with Crippen LogP contribution in [0.3, 0.4) is 0 Å². The summed E-state index contributed by atoms with van der Waals surface area (Å²) < 4.78 is 1.65. The molecule has 0 fully saturated rings. The maximum Gasteiger partial charge on any atom is 0.270 e. The first-order valence-electron chi connectivity index (χ1n) is 9.44. The standard InChI is InChI=1S/C23H23N3O3S/c1-15-13-21(16(2)26(15)25-23(29)18-7-5-4-6-8-18)22(28)14-30-20-11-9-19(10-12-20)24-17(3)27/h4-13H,14H2,1-3H3,(H,24,27)(H,25,29). The highest BCUT2D eigenvalue weighted by atomic mass is 32.2. The van der Waals surface area contributed by atoms with Crippen molar-refractivity contribution in [1.29, 1.82) is 0 Å². The second-order valence-corrected chi connectivity index (χ2v) is 7.89. The van der Waals surface area contributed by atoms with E-state index in [1.807, 2.05) is 32.0 Å². The lowest BCUT2D eigenvalue weighted by Crippen LogP contribution is -2.25. The smallest absolute Gasteiger partial charge is 0.270 e. The molecule has 0 saturated heterocycles. The van der Waals surface area contributed by atoms with Crippen LogP contribution in [0.1, 0.15) is 39.0 Å². The van der Waals surface area contributed by atoms with Gasteiger partial charge in [0.25, 0.3) is 5.91 Å². The molecule has 0 atom stereocenters. The van der Waals surface area contributed by atoms with Gasteiger partial charge >= 0.3 is 0 Å². The van der Waals surface area contributed by atoms with E-state index < -0.39 is 0 Å². The average Bonchev–Trinajstić information content (AvgIpc) is 3.01. The minimum atomic E-state index is -0.231. The fourth-order valence-electron chi connectivity index (χ4n) is 3.04. The fourth-order valence-corrected chi connectivity index (χ4v) is 3.82. The van der Waals surface area contributed by atoms with Crippen molar-refractivity contribution in [2.75, 3.05) is 16.5 Å². The molecule has 2 aromatic carbocycles. The third kappa shape index (κ3) is 5.18. The molecule has 7 heteroatoms. The molecule has 0 aliphatic rings. The van der Waals surface area contributed by atoms with Gasteiger partial charge in [-0.15, -0.1) is 11.8 Å². The number of benzene rings is 2. The van der Waals surface area contributed by atoms with E-state index in [4.69, 9.17) is 0 Å². The third-order valence-electron chi connectivity index (χ3n) is 4.53. The molecule has 2 amide bonds. The summed E-state index contributed by atoms with van der Waals surface area (Å²) in [6.45, 7) is 5.13. The molecule has 0 aliphatic carbocycles. The van der Waals surface area contributed by atoms with E-state index in [1.165, 1.54) is 18.7 Å². The second kappa shape index (κ2) is 9.45. The molecular weight excluding hydrogens is 398 g/mol. The van der Waals surface area contributed by atoms with Crippen molar-refractivity contribution in [3.05, 3.63) is 83.2 Å². The molecule has 0 bridgehead atoms. The molecule has 1 heterocycles. The van der Waals surface area contributed by atoms with Gasteiger partial charge in [0.05, 0.1) is 5.75 Å². The summed E-state index contributed by atoms with van der Waals surface area (Å²) in [7, 11) is 0. The van der Waals surface area contributed by atoms with E-state index in [-0.39, 0.29) is 23.4 Å². The Kier molecular flexibility index (Phi) is 6.74. The first-order chi connectivity index (χ1) is 14.3. The normalized spacial score (nSPS) is 10.5. The highest BCUT2D eigenvalue weighted by molar-refractivity contribution is 8.00. The summed E-state index contributed by atoms with van der Waals surface area (Å²) in [5, 5.41) is 2.71. The van der Waals surface area contributed by atoms with Gasteiger partial charge in [-0.2, -0.15) is 0 Å². The van der Waals surface area contributed by atoms with Crippen LogP contribution in [0.2, 0.25) is 0 Å². The number of aryl methyl sites for hydroxylation is 1. The number of amides is 2. The van der Waals surface area contributed by atoms with E-state index in [9.17, 15) is 14.4 Å². The highest BCUT2D eigenvalue weighted by Gasteiger charge is 2.17. The second-order valence-electron chi connectivity index (χ2n) is 6.84. The number of nitrogens with zero attached hydrogens (tertiary/aromatic N) is 1. The lowest BCUT2D eigenvalue weighted by molar-refractivity contribution is -0.114. The number of hydrogen-bond acceptors (Lipinski definition) is 4. The predicted octanol–water partition coefficient (Wildman–Crippen LogP) is 4.42. The Morgan fingerprint density at radius 2 is 1.63 bits per heavy atom. The number of nitrogens with one attached hydrogen (secondary N) is 2. The Balaban J connectivity index is 1.66. The minimum absolute atomic E-state index is 0.0146. The van der Waals surface area contributed by atoms with Crippen LogP contribution < -0.4 is 10.7 Å². The number of Topliss-reactive ketones (excluding diaryl/α,β-unsaturated/α-hetero) is 1. The van der Waals surface area contributed by atoms with E-state index in [0.717, 1.165) is 16.3 Å². The molecule has 154 valence electrons. The number of hydrogen-bond donors (Lipinski definition) is 2. The molecule has 30 heavy (non-hydrogen) atoms. The van der Waals surface area contributed by atoms with Crippen molar-refractivity contribution in [1.82, 2.24) is 4.68 Å². The Hall–Kier alpha value is -3.32. The quantitative estimate of drug-likeness (QED) is 0.437. The number of ketones is 1. The van der Waals surface area contributed by atoms with E-state index in [0.29, 0.717) is 16.8 Å². The first kappa shape index (κ1) is 21.4. The van der Waals surface area contributed by atoms with Crippen molar-refractivity contribution < 1.29 is 14.4 Å². The maximum absolute atomic E-state index is 12.8. The Morgan fingerprint density at radius 3 is 2.27 bits per heavy atom. The van der Waals surface area contributed by atoms with Crippen LogP contribution in [0, 0.1) is 13.8 Å². The molecule has 0 saturated carbocycles. The van der Waals surface area contributed by atoms with E-state index in [1.54, 1.807) is 47.1 Å². The van der Waals surface area contributed by atoms with E-state index in [2.05, 4.69) is 10.7 Å². The van der Waals surface area contributed by atoms with Gasteiger partial charge in [0.2, 0.25) is 5.91 Å². The highest BCUT2D eigenvalue weighted by Crippen LogP contribution is 2.23. The van der Waals surface area contributed by atoms with Crippen LogP contribution in [0.5, 0.6) is 0 Å². The van der Waals surface area contributed by atoms with Crippen molar-refractivity contribution in [2.24, 2.45) is 0 Å². The summed E-state index contributed by atoms with van der Waals surface area (Å²) >= 11 is 1.43. The van der Waals surface area contributed by atoms with Gasteiger partial charge < -0.3 is 5.32 Å². The SMILES string of the molecule is CC(=O)Nc1ccc(SCC(=O)c2cc(C)n(NC(=O)c3ccccc3)c2C)cc1. The predicted molar refractivity (Wildman–Crippen MR) is 120 cm³/mol. The fraction of sp³-hybridized carbons (Fsp3) is 0.174. The number of carbonyl (C=O) groups excluding carboxylic acids is 3. The zero-order valence-corrected chi connectivity index (χ0v) is 17.9. The van der Waals surface area contributed by atoms with Crippen LogP contribution in [-0.2, 0) is 4.79 Å². The summed E-state index contributed by atoms with van der Waals surface area (Å²) in [6.07, 6.45) is 0. The average molecular weight is 422 g/mol. The van der Waals surface area contributed by atoms with Crippen LogP contribution in [0.4, 0.5) is 5.69 Å². The number of rotatable bonds is 7. The van der Waals surface area contributed by atoms with Gasteiger partial charge in [-0.05, 0) is 56.3 Å². The molecule has 0 unspecified atom stereocenters. The number of aromatic nitrogens is 1. The van der Waals surface area contributed by atoms with Gasteiger partial charge in [-0.25, -0.2) is 0 Å². The lowest BCUT2D eigenvalue weighted by Gasteiger charge is -2.11. The number of anilines is 1. The van der Waals surface area contributed by atoms with Crippen LogP contribution >= 0.6 is 11.8 Å². The van der Waals surface area contributed by atoms with Crippen molar-refractivity contribution in [2.45, 2.75) is 25.7 Å². The van der Waals surface area contributed by atoms with Gasteiger partial charge in [-0.3, -0.25) is 24.5 Å². The number of thioether (sulfide) groups is 1. The molecule has 2 N–H and O–H groups in total. The maximum atomic E-state index is 12.8. The number of carbonyl (C=O) groups is 3. The van der Waals surface area contributed by atoms with Crippen LogP contribution in [0.15, 0.2) is 65.6 Å². The van der Waals surface area contributed by atoms with Gasteiger partial charge in [0.1, 0.15) is 0 Å². The zero-order valence-electron chi connectivity index (χ0n) is 17.1. The topological polar surface area (TPSA) is 80.2 Å². The Morgan fingerprint density at radius 1 is 0.967 bits per heavy atom. The van der Waals surface area contributed by atoms with Crippen molar-refractivity contribution in [3.8, 4) is 0 Å². The zero-order chi connectivity index (χ0) is 21.7. The van der Waals surface area contributed by atoms with Gasteiger partial charge in [-0.1, -0.05) is 18.2 Å². The summed E-state index contributed by atoms with van der Waals surface area (Å²) in [4.78, 5) is 37.2. The Labute approximate surface area is 179 Å². The van der Waals surface area contributed by atoms with Crippen LogP contribution in [0.25, 0.3) is 0 Å². The summed E-state index contributed by atoms with van der Waals surface area (Å²) in [6, 6.07) is 18.1. The monoisotopic (exact) mass is 421 g/mol. The molecule has 0 spiro atoms. The summed E-state index contributed by atoms with van der Waals surface area (Å²) in [5.41, 5.74) is 6.19. The molecule has 0 aliphatic heterocycles. The minimum Gasteiger partial charge on any atom is -0.326 e. The van der Waals surface area contributed by atoms with Gasteiger partial charge in [0, 0.05) is 40.0 Å². The largest absolute Gasteiger partial charge is 0.326 e. The molecule has 1 aromatic heterocycles. The Bertz CT molecular complexity index is 1070.